The van der Waals surface area contributed by atoms with Gasteiger partial charge in [-0.05, 0) is 50.5 Å². The van der Waals surface area contributed by atoms with Crippen LogP contribution in [0.2, 0.25) is 0 Å². The lowest BCUT2D eigenvalue weighted by Gasteiger charge is -2.28. The van der Waals surface area contributed by atoms with E-state index in [2.05, 4.69) is 31.1 Å². The lowest BCUT2D eigenvalue weighted by molar-refractivity contribution is -0.137. The van der Waals surface area contributed by atoms with E-state index in [1.54, 1.807) is 0 Å². The molecule has 8 nitrogen and oxygen atoms in total. The summed E-state index contributed by atoms with van der Waals surface area (Å²) < 4.78 is 11.4. The molecule has 1 heterocycles. The molecule has 0 saturated heterocycles. The number of aromatic amines is 1. The number of ether oxygens (including phenoxy) is 2. The van der Waals surface area contributed by atoms with E-state index in [0.717, 1.165) is 41.9 Å². The van der Waals surface area contributed by atoms with E-state index in [9.17, 15) is 14.7 Å². The predicted octanol–water partition coefficient (Wildman–Crippen LogP) is 3.31. The predicted molar refractivity (Wildman–Crippen MR) is 133 cm³/mol. The zero-order valence-corrected chi connectivity index (χ0v) is 20.5. The van der Waals surface area contributed by atoms with Crippen LogP contribution in [0.4, 0.5) is 0 Å². The van der Waals surface area contributed by atoms with Crippen molar-refractivity contribution in [2.24, 2.45) is 0 Å². The molecule has 34 heavy (non-hydrogen) atoms. The van der Waals surface area contributed by atoms with Gasteiger partial charge in [-0.15, -0.1) is 0 Å². The maximum Gasteiger partial charge on any atom is 0.337 e. The lowest BCUT2D eigenvalue weighted by Crippen LogP contribution is -2.43. The van der Waals surface area contributed by atoms with E-state index in [1.165, 1.54) is 12.1 Å². The summed E-state index contributed by atoms with van der Waals surface area (Å²) in [5, 5.41) is 23.3. The van der Waals surface area contributed by atoms with Gasteiger partial charge in [0, 0.05) is 23.7 Å². The van der Waals surface area contributed by atoms with Gasteiger partial charge >= 0.3 is 10.8 Å². The Morgan fingerprint density at radius 1 is 1.21 bits per heavy atom. The first kappa shape index (κ1) is 25.9. The van der Waals surface area contributed by atoms with Gasteiger partial charge in [-0.2, -0.15) is 0 Å². The molecule has 2 aromatic carbocycles. The van der Waals surface area contributed by atoms with Crippen molar-refractivity contribution in [3.63, 3.8) is 0 Å². The van der Waals surface area contributed by atoms with Crippen molar-refractivity contribution in [3.8, 4) is 11.5 Å². The number of hydrogen-bond acceptors (Lipinski definition) is 8. The standard InChI is InChI=1S/C25H32N2O6S/c1-4-5-10-32-17-8-6-16(7-9-17)13-25(2,3)26-14-21(29)19-11-18(33-22(30)15-28)12-20-23(19)34-24(31)27-20/h6-9,11-12,21,26,28-29H,4-5,10,13-15H2,1-3H3,(H,27,31)/t21-/m0/s1. The number of benzene rings is 2. The molecule has 0 aliphatic carbocycles. The highest BCUT2D eigenvalue weighted by atomic mass is 32.1. The first-order valence-electron chi connectivity index (χ1n) is 11.3. The van der Waals surface area contributed by atoms with Crippen LogP contribution in [0.3, 0.4) is 0 Å². The summed E-state index contributed by atoms with van der Waals surface area (Å²) in [6.07, 6.45) is 1.90. The Morgan fingerprint density at radius 3 is 2.62 bits per heavy atom. The van der Waals surface area contributed by atoms with Crippen LogP contribution in [0.15, 0.2) is 41.2 Å². The summed E-state index contributed by atoms with van der Waals surface area (Å²) in [6, 6.07) is 11.1. The lowest BCUT2D eigenvalue weighted by atomic mass is 9.94. The first-order chi connectivity index (χ1) is 16.2. The van der Waals surface area contributed by atoms with Crippen LogP contribution in [-0.4, -0.2) is 46.5 Å². The van der Waals surface area contributed by atoms with Gasteiger partial charge in [0.2, 0.25) is 0 Å². The van der Waals surface area contributed by atoms with Gasteiger partial charge in [-0.25, -0.2) is 4.79 Å². The van der Waals surface area contributed by atoms with Crippen molar-refractivity contribution in [2.45, 2.75) is 51.7 Å². The monoisotopic (exact) mass is 488 g/mol. The second-order valence-corrected chi connectivity index (χ2v) is 9.82. The van der Waals surface area contributed by atoms with Gasteiger partial charge in [-0.3, -0.25) is 4.79 Å². The minimum atomic E-state index is -0.949. The van der Waals surface area contributed by atoms with Crippen LogP contribution in [-0.2, 0) is 11.2 Å². The van der Waals surface area contributed by atoms with E-state index in [4.69, 9.17) is 14.6 Å². The number of β-amino-alcohol motifs (C(OH)–C–C–N with tert-alkyl or cyclic N) is 1. The molecule has 4 N–H and O–H groups in total. The van der Waals surface area contributed by atoms with E-state index in [0.29, 0.717) is 22.4 Å². The molecule has 0 spiro atoms. The number of aliphatic hydroxyl groups is 2. The van der Waals surface area contributed by atoms with Crippen LogP contribution >= 0.6 is 11.3 Å². The number of aromatic nitrogens is 1. The van der Waals surface area contributed by atoms with E-state index in [1.807, 2.05) is 24.3 Å². The second kappa shape index (κ2) is 11.6. The number of esters is 1. The van der Waals surface area contributed by atoms with Crippen molar-refractivity contribution < 1.29 is 24.5 Å². The van der Waals surface area contributed by atoms with Crippen molar-refractivity contribution in [1.82, 2.24) is 10.3 Å². The third-order valence-corrected chi connectivity index (χ3v) is 6.30. The molecule has 0 amide bonds. The SMILES string of the molecule is CCCCOc1ccc(CC(C)(C)NC[C@H](O)c2cc(OC(=O)CO)cc3[nH]c(=O)sc23)cc1. The summed E-state index contributed by atoms with van der Waals surface area (Å²) >= 11 is 0.984. The molecule has 0 bridgehead atoms. The highest BCUT2D eigenvalue weighted by Gasteiger charge is 2.22. The third kappa shape index (κ3) is 7.14. The summed E-state index contributed by atoms with van der Waals surface area (Å²) in [6.45, 7) is 6.40. The number of thiazole rings is 1. The van der Waals surface area contributed by atoms with Gasteiger partial charge in [0.05, 0.1) is 22.9 Å². The fourth-order valence-electron chi connectivity index (χ4n) is 3.62. The topological polar surface area (TPSA) is 121 Å². The van der Waals surface area contributed by atoms with Crippen LogP contribution < -0.4 is 19.7 Å². The average Bonchev–Trinajstić information content (AvgIpc) is 3.18. The molecule has 9 heteroatoms. The molecular formula is C25H32N2O6S. The molecule has 3 aromatic rings. The Labute approximate surface area is 202 Å². The highest BCUT2D eigenvalue weighted by molar-refractivity contribution is 7.16. The number of nitrogens with one attached hydrogen (secondary N) is 2. The van der Waals surface area contributed by atoms with Gasteiger partial charge in [0.15, 0.2) is 0 Å². The molecular weight excluding hydrogens is 456 g/mol. The molecule has 1 atom stereocenters. The minimum absolute atomic E-state index is 0.148. The second-order valence-electron chi connectivity index (χ2n) is 8.84. The summed E-state index contributed by atoms with van der Waals surface area (Å²) in [4.78, 5) is 25.8. The molecule has 0 aliphatic rings. The number of H-pyrrole nitrogens is 1. The van der Waals surface area contributed by atoms with Gasteiger partial charge < -0.3 is 30.0 Å². The maximum absolute atomic E-state index is 11.9. The Balaban J connectivity index is 1.67. The Hall–Kier alpha value is -2.72. The van der Waals surface area contributed by atoms with Gasteiger partial charge in [0.1, 0.15) is 18.1 Å². The van der Waals surface area contributed by atoms with Crippen molar-refractivity contribution in [1.29, 1.82) is 0 Å². The molecule has 0 saturated carbocycles. The fraction of sp³-hybridized carbons (Fsp3) is 0.440. The van der Waals surface area contributed by atoms with Crippen LogP contribution in [0, 0.1) is 0 Å². The molecule has 3 rings (SSSR count). The number of unbranched alkanes of at least 4 members (excludes halogenated alkanes) is 1. The number of carbonyl (C=O) groups is 1. The normalized spacial score (nSPS) is 12.6. The first-order valence-corrected chi connectivity index (χ1v) is 12.2. The van der Waals surface area contributed by atoms with Crippen molar-refractivity contribution >= 4 is 27.5 Å². The fourth-order valence-corrected chi connectivity index (χ4v) is 4.50. The average molecular weight is 489 g/mol. The Bertz CT molecular complexity index is 1150. The number of aliphatic hydroxyl groups excluding tert-OH is 2. The van der Waals surface area contributed by atoms with E-state index in [-0.39, 0.29) is 22.7 Å². The van der Waals surface area contributed by atoms with Gasteiger partial charge in [0.25, 0.3) is 0 Å². The van der Waals surface area contributed by atoms with Crippen LogP contribution in [0.5, 0.6) is 11.5 Å². The quantitative estimate of drug-likeness (QED) is 0.175. The smallest absolute Gasteiger partial charge is 0.337 e. The Morgan fingerprint density at radius 2 is 1.94 bits per heavy atom. The molecule has 0 aliphatic heterocycles. The summed E-state index contributed by atoms with van der Waals surface area (Å²) in [7, 11) is 0. The molecule has 0 fully saturated rings. The Kier molecular flexibility index (Phi) is 8.84. The summed E-state index contributed by atoms with van der Waals surface area (Å²) in [5.74, 6) is 0.184. The zero-order chi connectivity index (χ0) is 24.7. The molecule has 0 unspecified atom stereocenters. The molecule has 1 aromatic heterocycles. The number of hydrogen-bond donors (Lipinski definition) is 4. The van der Waals surface area contributed by atoms with E-state index >= 15 is 0 Å². The van der Waals surface area contributed by atoms with Gasteiger partial charge in [-0.1, -0.05) is 36.8 Å². The summed E-state index contributed by atoms with van der Waals surface area (Å²) in [5.41, 5.74) is 1.75. The number of fused-ring (bicyclic) bond motifs is 1. The number of carbonyl (C=O) groups excluding carboxylic acids is 1. The van der Waals surface area contributed by atoms with E-state index < -0.39 is 18.7 Å². The maximum atomic E-state index is 11.9. The minimum Gasteiger partial charge on any atom is -0.494 e. The van der Waals surface area contributed by atoms with Crippen LogP contribution in [0.25, 0.3) is 10.2 Å². The largest absolute Gasteiger partial charge is 0.494 e. The number of rotatable bonds is 12. The third-order valence-electron chi connectivity index (χ3n) is 5.35. The van der Waals surface area contributed by atoms with Crippen LogP contribution in [0.1, 0.15) is 50.8 Å². The zero-order valence-electron chi connectivity index (χ0n) is 19.7. The molecule has 0 radical (unpaired) electrons. The highest BCUT2D eigenvalue weighted by Crippen LogP contribution is 2.31. The van der Waals surface area contributed by atoms with Crippen molar-refractivity contribution in [2.75, 3.05) is 19.8 Å². The van der Waals surface area contributed by atoms with Crippen molar-refractivity contribution in [3.05, 3.63) is 57.2 Å². The molecule has 184 valence electrons.